The van der Waals surface area contributed by atoms with Gasteiger partial charge in [-0.05, 0) is 12.5 Å². The molecular weight excluding hydrogens is 202 g/mol. The number of halogens is 1. The van der Waals surface area contributed by atoms with Gasteiger partial charge in [-0.3, -0.25) is 5.10 Å². The van der Waals surface area contributed by atoms with Gasteiger partial charge in [-0.1, -0.05) is 0 Å². The van der Waals surface area contributed by atoms with Crippen molar-refractivity contribution in [1.82, 2.24) is 25.1 Å². The van der Waals surface area contributed by atoms with Crippen LogP contribution in [0.25, 0.3) is 11.6 Å². The van der Waals surface area contributed by atoms with Crippen LogP contribution in [-0.4, -0.2) is 25.1 Å². The van der Waals surface area contributed by atoms with Crippen LogP contribution in [0.1, 0.15) is 11.4 Å². The number of alkyl halides is 1. The molecule has 0 unspecified atom stereocenters. The van der Waals surface area contributed by atoms with Crippen molar-refractivity contribution < 1.29 is 0 Å². The minimum atomic E-state index is 0.304. The minimum absolute atomic E-state index is 0.304. The molecule has 6 heteroatoms. The van der Waals surface area contributed by atoms with E-state index in [0.29, 0.717) is 23.4 Å². The average Bonchev–Trinajstić information content (AvgIpc) is 2.67. The molecule has 0 aliphatic rings. The summed E-state index contributed by atoms with van der Waals surface area (Å²) in [6.45, 7) is 1.92. The maximum atomic E-state index is 5.58. The van der Waals surface area contributed by atoms with E-state index in [0.717, 1.165) is 5.56 Å². The Labute approximate surface area is 85.6 Å². The Morgan fingerprint density at radius 3 is 2.57 bits per heavy atom. The average molecular weight is 210 g/mol. The van der Waals surface area contributed by atoms with Crippen LogP contribution in [0.2, 0.25) is 0 Å². The van der Waals surface area contributed by atoms with Crippen LogP contribution >= 0.6 is 11.6 Å². The van der Waals surface area contributed by atoms with Crippen LogP contribution in [-0.2, 0) is 5.88 Å². The zero-order chi connectivity index (χ0) is 9.97. The summed E-state index contributed by atoms with van der Waals surface area (Å²) < 4.78 is 0. The first-order valence-corrected chi connectivity index (χ1v) is 4.59. The van der Waals surface area contributed by atoms with Crippen LogP contribution in [0.3, 0.4) is 0 Å². The van der Waals surface area contributed by atoms with Gasteiger partial charge in [-0.15, -0.1) is 16.7 Å². The molecule has 2 rings (SSSR count). The second-order valence-electron chi connectivity index (χ2n) is 2.82. The number of nitrogens with zero attached hydrogens (tertiary/aromatic N) is 4. The third-order valence-corrected chi connectivity index (χ3v) is 1.89. The third-order valence-electron chi connectivity index (χ3n) is 1.64. The van der Waals surface area contributed by atoms with E-state index in [2.05, 4.69) is 25.1 Å². The van der Waals surface area contributed by atoms with Crippen molar-refractivity contribution in [3.8, 4) is 11.6 Å². The van der Waals surface area contributed by atoms with Crippen molar-refractivity contribution in [3.05, 3.63) is 23.8 Å². The Hall–Kier alpha value is -1.49. The monoisotopic (exact) mass is 209 g/mol. The molecule has 0 radical (unpaired) electrons. The van der Waals surface area contributed by atoms with Gasteiger partial charge < -0.3 is 0 Å². The van der Waals surface area contributed by atoms with Gasteiger partial charge in [0.2, 0.25) is 5.82 Å². The van der Waals surface area contributed by atoms with Gasteiger partial charge in [-0.25, -0.2) is 15.0 Å². The molecule has 2 aromatic rings. The summed E-state index contributed by atoms with van der Waals surface area (Å²) in [4.78, 5) is 12.3. The maximum absolute atomic E-state index is 5.58. The molecule has 2 heterocycles. The van der Waals surface area contributed by atoms with Gasteiger partial charge in [0.05, 0.1) is 5.88 Å². The first-order valence-electron chi connectivity index (χ1n) is 4.06. The summed E-state index contributed by atoms with van der Waals surface area (Å²) in [6.07, 6.45) is 3.44. The molecule has 1 N–H and O–H groups in total. The number of rotatable bonds is 2. The molecule has 72 valence electrons. The predicted octanol–water partition coefficient (Wildman–Crippen LogP) is 1.31. The first kappa shape index (κ1) is 9.08. The van der Waals surface area contributed by atoms with Gasteiger partial charge in [-0.2, -0.15) is 0 Å². The number of hydrogen-bond donors (Lipinski definition) is 1. The summed E-state index contributed by atoms with van der Waals surface area (Å²) in [5, 5.41) is 6.64. The van der Waals surface area contributed by atoms with E-state index in [-0.39, 0.29) is 0 Å². The van der Waals surface area contributed by atoms with Crippen LogP contribution in [0, 0.1) is 6.92 Å². The number of nitrogens with one attached hydrogen (secondary N) is 1. The van der Waals surface area contributed by atoms with E-state index in [9.17, 15) is 0 Å². The fourth-order valence-corrected chi connectivity index (χ4v) is 1.08. The zero-order valence-corrected chi connectivity index (χ0v) is 8.28. The van der Waals surface area contributed by atoms with Crippen molar-refractivity contribution in [3.63, 3.8) is 0 Å². The van der Waals surface area contributed by atoms with E-state index in [1.807, 2.05) is 6.92 Å². The molecule has 5 nitrogen and oxygen atoms in total. The number of aromatic amines is 1. The number of aromatic nitrogens is 5. The van der Waals surface area contributed by atoms with E-state index in [4.69, 9.17) is 11.6 Å². The molecular formula is C8H8ClN5. The number of aryl methyl sites for hydroxylation is 1. The van der Waals surface area contributed by atoms with Crippen LogP contribution in [0.15, 0.2) is 12.4 Å². The Balaban J connectivity index is 2.34. The van der Waals surface area contributed by atoms with Crippen molar-refractivity contribution in [2.24, 2.45) is 0 Å². The second kappa shape index (κ2) is 3.71. The van der Waals surface area contributed by atoms with E-state index in [1.54, 1.807) is 12.4 Å². The maximum Gasteiger partial charge on any atom is 0.219 e. The molecule has 2 aromatic heterocycles. The second-order valence-corrected chi connectivity index (χ2v) is 3.09. The topological polar surface area (TPSA) is 67.3 Å². The fourth-order valence-electron chi connectivity index (χ4n) is 0.963. The summed E-state index contributed by atoms with van der Waals surface area (Å²) >= 11 is 5.58. The predicted molar refractivity (Wildman–Crippen MR) is 51.7 cm³/mol. The van der Waals surface area contributed by atoms with Crippen molar-refractivity contribution >= 4 is 11.6 Å². The molecule has 0 spiro atoms. The summed E-state index contributed by atoms with van der Waals surface area (Å²) in [5.74, 6) is 1.90. The molecule has 0 aromatic carbocycles. The molecule has 0 saturated heterocycles. The van der Waals surface area contributed by atoms with E-state index >= 15 is 0 Å². The van der Waals surface area contributed by atoms with Gasteiger partial charge in [0.15, 0.2) is 5.82 Å². The summed E-state index contributed by atoms with van der Waals surface area (Å²) in [6, 6.07) is 0. The smallest absolute Gasteiger partial charge is 0.219 e. The van der Waals surface area contributed by atoms with Gasteiger partial charge >= 0.3 is 0 Å². The Kier molecular flexibility index (Phi) is 2.41. The Morgan fingerprint density at radius 1 is 1.29 bits per heavy atom. The normalized spacial score (nSPS) is 10.4. The van der Waals surface area contributed by atoms with Crippen LogP contribution < -0.4 is 0 Å². The zero-order valence-electron chi connectivity index (χ0n) is 7.53. The van der Waals surface area contributed by atoms with Crippen molar-refractivity contribution in [1.29, 1.82) is 0 Å². The molecule has 0 fully saturated rings. The lowest BCUT2D eigenvalue weighted by Gasteiger charge is -1.92. The molecule has 0 aliphatic heterocycles. The summed E-state index contributed by atoms with van der Waals surface area (Å²) in [7, 11) is 0. The van der Waals surface area contributed by atoms with Crippen molar-refractivity contribution in [2.75, 3.05) is 0 Å². The molecule has 14 heavy (non-hydrogen) atoms. The van der Waals surface area contributed by atoms with Gasteiger partial charge in [0.1, 0.15) is 5.82 Å². The van der Waals surface area contributed by atoms with Gasteiger partial charge in [0, 0.05) is 12.4 Å². The van der Waals surface area contributed by atoms with E-state index < -0.39 is 0 Å². The largest absolute Gasteiger partial charge is 0.262 e. The number of H-pyrrole nitrogens is 1. The van der Waals surface area contributed by atoms with E-state index in [1.165, 1.54) is 0 Å². The highest BCUT2D eigenvalue weighted by Gasteiger charge is 2.06. The lowest BCUT2D eigenvalue weighted by atomic mass is 10.4. The molecule has 0 atom stereocenters. The fraction of sp³-hybridized carbons (Fsp3) is 0.250. The number of hydrogen-bond acceptors (Lipinski definition) is 4. The molecule has 0 saturated carbocycles. The van der Waals surface area contributed by atoms with Gasteiger partial charge in [0.25, 0.3) is 0 Å². The minimum Gasteiger partial charge on any atom is -0.262 e. The molecule has 0 aliphatic carbocycles. The lowest BCUT2D eigenvalue weighted by Crippen LogP contribution is -1.90. The molecule has 0 amide bonds. The van der Waals surface area contributed by atoms with Crippen molar-refractivity contribution in [2.45, 2.75) is 12.8 Å². The van der Waals surface area contributed by atoms with Crippen LogP contribution in [0.4, 0.5) is 0 Å². The first-order chi connectivity index (χ1) is 6.79. The standard InChI is InChI=1S/C8H8ClN5/c1-5-3-10-7(11-4-5)8-12-6(2-9)13-14-8/h3-4H,2H2,1H3,(H,12,13,14). The highest BCUT2D eigenvalue weighted by atomic mass is 35.5. The highest BCUT2D eigenvalue weighted by Crippen LogP contribution is 2.08. The summed E-state index contributed by atoms with van der Waals surface area (Å²) in [5.41, 5.74) is 1.00. The van der Waals surface area contributed by atoms with Crippen LogP contribution in [0.5, 0.6) is 0 Å². The third kappa shape index (κ3) is 1.72. The molecule has 0 bridgehead atoms. The highest BCUT2D eigenvalue weighted by molar-refractivity contribution is 6.16. The Morgan fingerprint density at radius 2 is 2.00 bits per heavy atom. The Bertz CT molecular complexity index is 422. The SMILES string of the molecule is Cc1cnc(-c2n[nH]c(CCl)n2)nc1. The quantitative estimate of drug-likeness (QED) is 0.758. The lowest BCUT2D eigenvalue weighted by molar-refractivity contribution is 1.02.